The van der Waals surface area contributed by atoms with Crippen molar-refractivity contribution in [1.82, 2.24) is 9.66 Å². The molecule has 0 atom stereocenters. The maximum absolute atomic E-state index is 13.3. The molecule has 4 aromatic rings. The van der Waals surface area contributed by atoms with Gasteiger partial charge in [-0.25, -0.2) is 4.98 Å². The first kappa shape index (κ1) is 27.5. The Morgan fingerprint density at radius 2 is 1.87 bits per heavy atom. The molecular weight excluding hydrogens is 620 g/mol. The molecule has 0 spiro atoms. The van der Waals surface area contributed by atoms with Gasteiger partial charge in [-0.3, -0.25) is 14.9 Å². The molecule has 196 valence electrons. The van der Waals surface area contributed by atoms with Gasteiger partial charge in [-0.2, -0.15) is 9.78 Å². The zero-order valence-corrected chi connectivity index (χ0v) is 23.9. The summed E-state index contributed by atoms with van der Waals surface area (Å²) in [4.78, 5) is 28.6. The average Bonchev–Trinajstić information content (AvgIpc) is 2.90. The van der Waals surface area contributed by atoms with Gasteiger partial charge in [-0.1, -0.05) is 35.0 Å². The molecule has 0 aliphatic heterocycles. The first-order valence-electron chi connectivity index (χ1n) is 11.9. The molecule has 1 heterocycles. The lowest BCUT2D eigenvalue weighted by molar-refractivity contribution is -0.384. The number of nitro groups is 1. The fraction of sp³-hybridized carbons (Fsp3) is 0.222. The highest BCUT2D eigenvalue weighted by Gasteiger charge is 2.14. The van der Waals surface area contributed by atoms with Crippen molar-refractivity contribution >= 4 is 54.7 Å². The quantitative estimate of drug-likeness (QED) is 0.109. The van der Waals surface area contributed by atoms with E-state index in [-0.39, 0.29) is 17.9 Å². The molecule has 0 radical (unpaired) electrons. The summed E-state index contributed by atoms with van der Waals surface area (Å²) >= 11 is 6.97. The molecule has 0 unspecified atom stereocenters. The molecule has 0 fully saturated rings. The van der Waals surface area contributed by atoms with Crippen molar-refractivity contribution < 1.29 is 14.4 Å². The number of nitro benzene ring substituents is 1. The van der Waals surface area contributed by atoms with Crippen molar-refractivity contribution in [1.29, 1.82) is 0 Å². The minimum absolute atomic E-state index is 0.00269. The van der Waals surface area contributed by atoms with E-state index in [1.165, 1.54) is 16.8 Å². The highest BCUT2D eigenvalue weighted by atomic mass is 79.9. The second-order valence-corrected chi connectivity index (χ2v) is 10.0. The van der Waals surface area contributed by atoms with Crippen LogP contribution in [-0.2, 0) is 13.0 Å². The van der Waals surface area contributed by atoms with E-state index in [1.54, 1.807) is 36.5 Å². The third-order valence-corrected chi connectivity index (χ3v) is 6.72. The zero-order chi connectivity index (χ0) is 27.2. The number of fused-ring (bicyclic) bond motifs is 1. The largest absolute Gasteiger partial charge is 0.490 e. The molecular formula is C27H24Br2N4O5. The molecule has 0 saturated heterocycles. The van der Waals surface area contributed by atoms with Crippen molar-refractivity contribution in [3.05, 3.63) is 101 Å². The summed E-state index contributed by atoms with van der Waals surface area (Å²) in [6.07, 6.45) is 2.97. The van der Waals surface area contributed by atoms with Crippen LogP contribution in [0.4, 0.5) is 5.69 Å². The molecule has 3 aromatic carbocycles. The van der Waals surface area contributed by atoms with Gasteiger partial charge in [0.05, 0.1) is 28.6 Å². The predicted octanol–water partition coefficient (Wildman–Crippen LogP) is 6.64. The SMILES string of the molecule is CCCc1nc2ccc(Br)cc2c(=O)n1N=Cc1cc(OCC)c(OCc2cccc([N+](=O)[O-])c2)cc1Br. The Kier molecular flexibility index (Phi) is 8.90. The molecule has 11 heteroatoms. The summed E-state index contributed by atoms with van der Waals surface area (Å²) < 4.78 is 14.5. The molecule has 0 amide bonds. The monoisotopic (exact) mass is 642 g/mol. The molecule has 38 heavy (non-hydrogen) atoms. The third-order valence-electron chi connectivity index (χ3n) is 5.54. The van der Waals surface area contributed by atoms with E-state index < -0.39 is 4.92 Å². The smallest absolute Gasteiger partial charge is 0.282 e. The topological polar surface area (TPSA) is 109 Å². The van der Waals surface area contributed by atoms with Crippen LogP contribution in [-0.4, -0.2) is 27.4 Å². The minimum Gasteiger partial charge on any atom is -0.490 e. The number of benzene rings is 3. The van der Waals surface area contributed by atoms with Gasteiger partial charge in [0.25, 0.3) is 11.2 Å². The normalized spacial score (nSPS) is 11.3. The van der Waals surface area contributed by atoms with Crippen molar-refractivity contribution in [2.75, 3.05) is 6.61 Å². The molecule has 1 aromatic heterocycles. The minimum atomic E-state index is -0.443. The van der Waals surface area contributed by atoms with Crippen molar-refractivity contribution in [3.63, 3.8) is 0 Å². The van der Waals surface area contributed by atoms with E-state index in [0.717, 1.165) is 10.9 Å². The lowest BCUT2D eigenvalue weighted by Crippen LogP contribution is -2.22. The van der Waals surface area contributed by atoms with E-state index in [2.05, 4.69) is 41.9 Å². The fourth-order valence-electron chi connectivity index (χ4n) is 3.77. The Morgan fingerprint density at radius 3 is 2.61 bits per heavy atom. The summed E-state index contributed by atoms with van der Waals surface area (Å²) in [5.74, 6) is 1.51. The summed E-state index contributed by atoms with van der Waals surface area (Å²) in [6.45, 7) is 4.39. The van der Waals surface area contributed by atoms with Crippen LogP contribution in [0, 0.1) is 10.1 Å². The maximum atomic E-state index is 13.3. The standard InChI is InChI=1S/C27H24Br2N4O5/c1-3-6-26-31-23-10-9-19(28)13-21(23)27(34)32(26)30-15-18-12-24(37-4-2)25(14-22(18)29)38-16-17-7-5-8-20(11-17)33(35)36/h5,7-15H,3-4,6,16H2,1-2H3. The number of non-ortho nitro benzene ring substituents is 1. The van der Waals surface area contributed by atoms with Crippen LogP contribution in [0.25, 0.3) is 10.9 Å². The van der Waals surface area contributed by atoms with Gasteiger partial charge >= 0.3 is 0 Å². The molecule has 0 aliphatic rings. The molecule has 0 saturated carbocycles. The van der Waals surface area contributed by atoms with Gasteiger partial charge in [0, 0.05) is 33.1 Å². The average molecular weight is 644 g/mol. The molecule has 4 rings (SSSR count). The molecule has 0 aliphatic carbocycles. The van der Waals surface area contributed by atoms with Gasteiger partial charge in [-0.15, -0.1) is 0 Å². The van der Waals surface area contributed by atoms with Crippen LogP contribution in [0.3, 0.4) is 0 Å². The van der Waals surface area contributed by atoms with E-state index in [0.29, 0.717) is 56.9 Å². The molecule has 9 nitrogen and oxygen atoms in total. The van der Waals surface area contributed by atoms with Gasteiger partial charge < -0.3 is 9.47 Å². The Labute approximate surface area is 235 Å². The number of ether oxygens (including phenoxy) is 2. The lowest BCUT2D eigenvalue weighted by Gasteiger charge is -2.14. The molecule has 0 bridgehead atoms. The first-order valence-corrected chi connectivity index (χ1v) is 13.5. The summed E-state index contributed by atoms with van der Waals surface area (Å²) in [5, 5.41) is 16.0. The summed E-state index contributed by atoms with van der Waals surface area (Å²) in [7, 11) is 0. The number of halogens is 2. The predicted molar refractivity (Wildman–Crippen MR) is 153 cm³/mol. The van der Waals surface area contributed by atoms with E-state index >= 15 is 0 Å². The van der Waals surface area contributed by atoms with Gasteiger partial charge in [0.15, 0.2) is 11.5 Å². The number of aromatic nitrogens is 2. The Morgan fingerprint density at radius 1 is 1.08 bits per heavy atom. The van der Waals surface area contributed by atoms with Gasteiger partial charge in [0.2, 0.25) is 0 Å². The second kappa shape index (κ2) is 12.3. The van der Waals surface area contributed by atoms with E-state index in [4.69, 9.17) is 9.47 Å². The number of rotatable bonds is 10. The number of aryl methyl sites for hydroxylation is 1. The number of hydrogen-bond donors (Lipinski definition) is 0. The van der Waals surface area contributed by atoms with Crippen molar-refractivity contribution in [2.24, 2.45) is 5.10 Å². The van der Waals surface area contributed by atoms with Crippen LogP contribution in [0.1, 0.15) is 37.2 Å². The fourth-order valence-corrected chi connectivity index (χ4v) is 4.56. The Hall–Kier alpha value is -3.57. The van der Waals surface area contributed by atoms with Crippen LogP contribution in [0.15, 0.2) is 73.4 Å². The van der Waals surface area contributed by atoms with E-state index in [1.807, 2.05) is 26.0 Å². The zero-order valence-electron chi connectivity index (χ0n) is 20.7. The van der Waals surface area contributed by atoms with Crippen LogP contribution in [0.2, 0.25) is 0 Å². The van der Waals surface area contributed by atoms with Crippen molar-refractivity contribution in [3.8, 4) is 11.5 Å². The highest BCUT2D eigenvalue weighted by Crippen LogP contribution is 2.34. The van der Waals surface area contributed by atoms with E-state index in [9.17, 15) is 14.9 Å². The van der Waals surface area contributed by atoms with Crippen LogP contribution in [0.5, 0.6) is 11.5 Å². The summed E-state index contributed by atoms with van der Waals surface area (Å²) in [5.41, 5.74) is 1.69. The first-order chi connectivity index (χ1) is 18.3. The Balaban J connectivity index is 1.67. The van der Waals surface area contributed by atoms with Crippen LogP contribution < -0.4 is 15.0 Å². The number of nitrogens with zero attached hydrogens (tertiary/aromatic N) is 4. The molecule has 0 N–H and O–H groups in total. The third kappa shape index (κ3) is 6.28. The summed E-state index contributed by atoms with van der Waals surface area (Å²) in [6, 6.07) is 15.2. The van der Waals surface area contributed by atoms with Crippen molar-refractivity contribution in [2.45, 2.75) is 33.3 Å². The second-order valence-electron chi connectivity index (χ2n) is 8.27. The maximum Gasteiger partial charge on any atom is 0.282 e. The lowest BCUT2D eigenvalue weighted by atomic mass is 10.2. The Bertz CT molecular complexity index is 1590. The highest BCUT2D eigenvalue weighted by molar-refractivity contribution is 9.10. The van der Waals surface area contributed by atoms with Crippen LogP contribution >= 0.6 is 31.9 Å². The van der Waals surface area contributed by atoms with Gasteiger partial charge in [0.1, 0.15) is 12.4 Å². The number of hydrogen-bond acceptors (Lipinski definition) is 7. The van der Waals surface area contributed by atoms with Gasteiger partial charge in [-0.05, 0) is 65.2 Å².